The number of carbonyl (C=O) groups is 2. The molecule has 0 radical (unpaired) electrons. The molecule has 0 bridgehead atoms. The van der Waals surface area contributed by atoms with Crippen LogP contribution in [-0.2, 0) is 16.0 Å². The van der Waals surface area contributed by atoms with E-state index in [9.17, 15) is 14.0 Å². The number of halogens is 1. The minimum Gasteiger partial charge on any atom is -0.480 e. The van der Waals surface area contributed by atoms with Crippen LogP contribution in [0.25, 0.3) is 0 Å². The molecule has 1 aliphatic heterocycles. The number of amides is 1. The Kier molecular flexibility index (Phi) is 3.86. The first-order valence-corrected chi connectivity index (χ1v) is 6.50. The van der Waals surface area contributed by atoms with Crippen molar-refractivity contribution in [2.75, 3.05) is 5.75 Å². The minimum atomic E-state index is -1.03. The topological polar surface area (TPSA) is 66.4 Å². The van der Waals surface area contributed by atoms with Gasteiger partial charge in [-0.15, -0.1) is 11.8 Å². The van der Waals surface area contributed by atoms with Crippen molar-refractivity contribution in [3.05, 3.63) is 35.6 Å². The Balaban J connectivity index is 1.99. The molecule has 0 aliphatic carbocycles. The zero-order chi connectivity index (χ0) is 13.1. The standard InChI is InChI=1S/C12H12FNO3S/c13-8-3-1-2-7(4-8)5-10-11(15)14-9(6-18-10)12(16)17/h1-4,9-10H,5-6H2,(H,14,15)(H,16,17)/t9-,10+/m1/s1. The summed E-state index contributed by atoms with van der Waals surface area (Å²) in [5.74, 6) is -1.33. The first-order valence-electron chi connectivity index (χ1n) is 5.45. The molecule has 1 fully saturated rings. The van der Waals surface area contributed by atoms with E-state index < -0.39 is 12.0 Å². The number of rotatable bonds is 3. The van der Waals surface area contributed by atoms with Gasteiger partial charge in [0.15, 0.2) is 0 Å². The van der Waals surface area contributed by atoms with Crippen molar-refractivity contribution in [2.24, 2.45) is 0 Å². The Morgan fingerprint density at radius 3 is 2.94 bits per heavy atom. The van der Waals surface area contributed by atoms with Crippen LogP contribution in [0.15, 0.2) is 24.3 Å². The molecule has 0 aromatic heterocycles. The Hall–Kier alpha value is -1.56. The van der Waals surface area contributed by atoms with Gasteiger partial charge in [-0.05, 0) is 24.1 Å². The van der Waals surface area contributed by atoms with Gasteiger partial charge in [0.25, 0.3) is 0 Å². The second kappa shape index (κ2) is 5.39. The summed E-state index contributed by atoms with van der Waals surface area (Å²) in [6, 6.07) is 5.25. The average molecular weight is 269 g/mol. The lowest BCUT2D eigenvalue weighted by atomic mass is 10.1. The van der Waals surface area contributed by atoms with Crippen molar-refractivity contribution < 1.29 is 19.1 Å². The van der Waals surface area contributed by atoms with Gasteiger partial charge in [-0.25, -0.2) is 9.18 Å². The first kappa shape index (κ1) is 12.9. The number of hydrogen-bond donors (Lipinski definition) is 2. The highest BCUT2D eigenvalue weighted by Gasteiger charge is 2.32. The van der Waals surface area contributed by atoms with Gasteiger partial charge >= 0.3 is 5.97 Å². The van der Waals surface area contributed by atoms with Crippen LogP contribution in [0.5, 0.6) is 0 Å². The van der Waals surface area contributed by atoms with Gasteiger partial charge in [-0.1, -0.05) is 12.1 Å². The molecule has 1 aliphatic rings. The second-order valence-electron chi connectivity index (χ2n) is 4.06. The first-order chi connectivity index (χ1) is 8.56. The zero-order valence-electron chi connectivity index (χ0n) is 9.43. The van der Waals surface area contributed by atoms with Crippen molar-refractivity contribution in [1.82, 2.24) is 5.32 Å². The molecule has 0 saturated carbocycles. The third-order valence-electron chi connectivity index (χ3n) is 2.68. The third-order valence-corrected chi connectivity index (χ3v) is 3.99. The lowest BCUT2D eigenvalue weighted by Gasteiger charge is -2.26. The summed E-state index contributed by atoms with van der Waals surface area (Å²) in [7, 11) is 0. The summed E-state index contributed by atoms with van der Waals surface area (Å²) in [5, 5.41) is 10.9. The van der Waals surface area contributed by atoms with Crippen LogP contribution in [-0.4, -0.2) is 34.0 Å². The van der Waals surface area contributed by atoms with E-state index in [1.54, 1.807) is 12.1 Å². The van der Waals surface area contributed by atoms with E-state index in [4.69, 9.17) is 5.11 Å². The maximum atomic E-state index is 13.0. The largest absolute Gasteiger partial charge is 0.480 e. The van der Waals surface area contributed by atoms with E-state index in [1.165, 1.54) is 23.9 Å². The molecule has 1 aromatic carbocycles. The Morgan fingerprint density at radius 2 is 2.33 bits per heavy atom. The number of hydrogen-bond acceptors (Lipinski definition) is 3. The molecule has 2 rings (SSSR count). The number of carboxylic acids is 1. The molecule has 2 N–H and O–H groups in total. The van der Waals surface area contributed by atoms with E-state index in [-0.39, 0.29) is 17.0 Å². The van der Waals surface area contributed by atoms with Crippen molar-refractivity contribution in [2.45, 2.75) is 17.7 Å². The molecule has 1 amide bonds. The van der Waals surface area contributed by atoms with Crippen molar-refractivity contribution in [1.29, 1.82) is 0 Å². The zero-order valence-corrected chi connectivity index (χ0v) is 10.2. The maximum absolute atomic E-state index is 13.0. The molecule has 18 heavy (non-hydrogen) atoms. The molecule has 4 nitrogen and oxygen atoms in total. The van der Waals surface area contributed by atoms with Crippen LogP contribution in [0.3, 0.4) is 0 Å². The summed E-state index contributed by atoms with van der Waals surface area (Å²) in [6.07, 6.45) is 0.403. The van der Waals surface area contributed by atoms with Crippen molar-refractivity contribution in [3.63, 3.8) is 0 Å². The normalized spacial score (nSPS) is 23.5. The Bertz CT molecular complexity index is 480. The number of thioether (sulfide) groups is 1. The molecule has 2 atom stereocenters. The summed E-state index contributed by atoms with van der Waals surface area (Å²) in [6.45, 7) is 0. The van der Waals surface area contributed by atoms with Crippen molar-refractivity contribution in [3.8, 4) is 0 Å². The molecule has 0 spiro atoms. The molecule has 1 saturated heterocycles. The molecule has 6 heteroatoms. The maximum Gasteiger partial charge on any atom is 0.327 e. The highest BCUT2D eigenvalue weighted by molar-refractivity contribution is 8.00. The van der Waals surface area contributed by atoms with Gasteiger partial charge in [0.1, 0.15) is 11.9 Å². The summed E-state index contributed by atoms with van der Waals surface area (Å²) in [5.41, 5.74) is 0.733. The van der Waals surface area contributed by atoms with E-state index >= 15 is 0 Å². The summed E-state index contributed by atoms with van der Waals surface area (Å²) >= 11 is 1.29. The monoisotopic (exact) mass is 269 g/mol. The molecular weight excluding hydrogens is 257 g/mol. The number of carbonyl (C=O) groups excluding carboxylic acids is 1. The van der Waals surface area contributed by atoms with E-state index in [2.05, 4.69) is 5.32 Å². The SMILES string of the molecule is O=C1N[C@@H](C(=O)O)CS[C@H]1Cc1cccc(F)c1. The highest BCUT2D eigenvalue weighted by atomic mass is 32.2. The van der Waals surface area contributed by atoms with Gasteiger partial charge in [-0.3, -0.25) is 4.79 Å². The lowest BCUT2D eigenvalue weighted by Crippen LogP contribution is -2.51. The fraction of sp³-hybridized carbons (Fsp3) is 0.333. The van der Waals surface area contributed by atoms with Crippen molar-refractivity contribution >= 4 is 23.6 Å². The van der Waals surface area contributed by atoms with Crippen LogP contribution in [0.1, 0.15) is 5.56 Å². The average Bonchev–Trinajstić information content (AvgIpc) is 2.31. The third kappa shape index (κ3) is 3.01. The fourth-order valence-corrected chi connectivity index (χ4v) is 2.94. The Morgan fingerprint density at radius 1 is 1.56 bits per heavy atom. The minimum absolute atomic E-state index is 0.303. The molecule has 96 valence electrons. The van der Waals surface area contributed by atoms with Gasteiger partial charge in [-0.2, -0.15) is 0 Å². The fourth-order valence-electron chi connectivity index (χ4n) is 1.76. The van der Waals surface area contributed by atoms with Gasteiger partial charge < -0.3 is 10.4 Å². The van der Waals surface area contributed by atoms with Crippen LogP contribution >= 0.6 is 11.8 Å². The highest BCUT2D eigenvalue weighted by Crippen LogP contribution is 2.22. The molecule has 1 heterocycles. The smallest absolute Gasteiger partial charge is 0.327 e. The summed E-state index contributed by atoms with van der Waals surface area (Å²) < 4.78 is 13.0. The quantitative estimate of drug-likeness (QED) is 0.861. The van der Waals surface area contributed by atoms with Gasteiger partial charge in [0.05, 0.1) is 5.25 Å². The van der Waals surface area contributed by atoms with Crippen LogP contribution in [0, 0.1) is 5.82 Å². The van der Waals surface area contributed by atoms with Crippen LogP contribution < -0.4 is 5.32 Å². The van der Waals surface area contributed by atoms with E-state index in [1.807, 2.05) is 0 Å². The Labute approximate surface area is 108 Å². The van der Waals surface area contributed by atoms with Gasteiger partial charge in [0.2, 0.25) is 5.91 Å². The molecule has 0 unspecified atom stereocenters. The predicted octanol–water partition coefficient (Wildman–Crippen LogP) is 1.05. The number of benzene rings is 1. The van der Waals surface area contributed by atoms with Gasteiger partial charge in [0, 0.05) is 5.75 Å². The molecule has 1 aromatic rings. The predicted molar refractivity (Wildman–Crippen MR) is 65.9 cm³/mol. The number of nitrogens with one attached hydrogen (secondary N) is 1. The number of aliphatic carboxylic acids is 1. The van der Waals surface area contributed by atoms with Crippen LogP contribution in [0.4, 0.5) is 4.39 Å². The second-order valence-corrected chi connectivity index (χ2v) is 5.29. The lowest BCUT2D eigenvalue weighted by molar-refractivity contribution is -0.141. The summed E-state index contributed by atoms with van der Waals surface area (Å²) in [4.78, 5) is 22.4. The molecular formula is C12H12FNO3S. The number of carboxylic acid groups (broad SMARTS) is 1. The van der Waals surface area contributed by atoms with E-state index in [0.29, 0.717) is 12.2 Å². The van der Waals surface area contributed by atoms with Crippen LogP contribution in [0.2, 0.25) is 0 Å². The van der Waals surface area contributed by atoms with E-state index in [0.717, 1.165) is 5.56 Å².